The summed E-state index contributed by atoms with van der Waals surface area (Å²) in [6, 6.07) is 5.52. The van der Waals surface area contributed by atoms with Crippen LogP contribution in [0.4, 0.5) is 0 Å². The maximum absolute atomic E-state index is 6.19. The lowest BCUT2D eigenvalue weighted by molar-refractivity contribution is 0.105. The van der Waals surface area contributed by atoms with E-state index in [4.69, 9.17) is 5.73 Å². The number of likely N-dealkylation sites (tertiary alicyclic amines) is 1. The molecule has 1 saturated heterocycles. The van der Waals surface area contributed by atoms with Crippen molar-refractivity contribution in [2.24, 2.45) is 17.6 Å². The molecule has 0 aromatic carbocycles. The monoisotopic (exact) mass is 250 g/mol. The van der Waals surface area contributed by atoms with Gasteiger partial charge in [0.25, 0.3) is 0 Å². The Morgan fingerprint density at radius 2 is 2.24 bits per heavy atom. The Hall–Kier alpha value is -0.380. The van der Waals surface area contributed by atoms with Crippen molar-refractivity contribution in [1.29, 1.82) is 0 Å². The molecule has 3 heteroatoms. The van der Waals surface area contributed by atoms with Crippen molar-refractivity contribution in [3.05, 3.63) is 22.4 Å². The summed E-state index contributed by atoms with van der Waals surface area (Å²) in [6.45, 7) is 4.65. The number of rotatable bonds is 3. The minimum Gasteiger partial charge on any atom is -0.327 e. The first-order chi connectivity index (χ1) is 8.24. The van der Waals surface area contributed by atoms with Crippen molar-refractivity contribution >= 4 is 11.3 Å². The van der Waals surface area contributed by atoms with Gasteiger partial charge in [0.15, 0.2) is 0 Å². The third-order valence-corrected chi connectivity index (χ3v) is 4.96. The van der Waals surface area contributed by atoms with E-state index in [0.29, 0.717) is 12.1 Å². The van der Waals surface area contributed by atoms with Crippen LogP contribution in [0.25, 0.3) is 0 Å². The zero-order chi connectivity index (χ0) is 11.8. The molecule has 1 aliphatic heterocycles. The van der Waals surface area contributed by atoms with Gasteiger partial charge in [-0.1, -0.05) is 13.0 Å². The molecule has 2 nitrogen and oxygen atoms in total. The largest absolute Gasteiger partial charge is 0.327 e. The fourth-order valence-electron chi connectivity index (χ4n) is 3.25. The third kappa shape index (κ3) is 2.56. The number of nitrogens with two attached hydrogens (primary N) is 1. The van der Waals surface area contributed by atoms with Crippen LogP contribution in [0.15, 0.2) is 17.5 Å². The number of nitrogens with zero attached hydrogens (tertiary/aromatic N) is 1. The van der Waals surface area contributed by atoms with Crippen molar-refractivity contribution in [2.45, 2.75) is 38.3 Å². The summed E-state index contributed by atoms with van der Waals surface area (Å²) in [7, 11) is 0. The normalized spacial score (nSPS) is 32.6. The summed E-state index contributed by atoms with van der Waals surface area (Å²) in [5, 5.41) is 2.21. The standard InChI is InChI=1S/C14H22N2S/c1-10-7-12(15)9-16(8-10)14(11-4-5-11)13-3-2-6-17-13/h2-3,6,10-12,14H,4-5,7-9,15H2,1H3. The van der Waals surface area contributed by atoms with Crippen LogP contribution in [0.3, 0.4) is 0 Å². The minimum absolute atomic E-state index is 0.375. The molecular weight excluding hydrogens is 228 g/mol. The topological polar surface area (TPSA) is 29.3 Å². The summed E-state index contributed by atoms with van der Waals surface area (Å²) in [5.41, 5.74) is 6.19. The molecule has 0 bridgehead atoms. The van der Waals surface area contributed by atoms with Gasteiger partial charge in [0.05, 0.1) is 0 Å². The molecule has 3 rings (SSSR count). The Bertz CT molecular complexity index is 348. The van der Waals surface area contributed by atoms with Gasteiger partial charge in [-0.2, -0.15) is 0 Å². The van der Waals surface area contributed by atoms with Gasteiger partial charge in [-0.25, -0.2) is 0 Å². The fraction of sp³-hybridized carbons (Fsp3) is 0.714. The van der Waals surface area contributed by atoms with Gasteiger partial charge in [0.1, 0.15) is 0 Å². The first kappa shape index (κ1) is 11.7. The molecule has 1 aliphatic carbocycles. The lowest BCUT2D eigenvalue weighted by Crippen LogP contribution is -2.48. The summed E-state index contributed by atoms with van der Waals surface area (Å²) in [4.78, 5) is 4.20. The van der Waals surface area contributed by atoms with Crippen LogP contribution < -0.4 is 5.73 Å². The van der Waals surface area contributed by atoms with Gasteiger partial charge in [-0.3, -0.25) is 4.90 Å². The Kier molecular flexibility index (Phi) is 3.24. The maximum Gasteiger partial charge on any atom is 0.0470 e. The molecule has 0 spiro atoms. The van der Waals surface area contributed by atoms with Crippen molar-refractivity contribution in [2.75, 3.05) is 13.1 Å². The third-order valence-electron chi connectivity index (χ3n) is 4.02. The van der Waals surface area contributed by atoms with E-state index >= 15 is 0 Å². The lowest BCUT2D eigenvalue weighted by Gasteiger charge is -2.40. The van der Waals surface area contributed by atoms with E-state index in [1.54, 1.807) is 4.88 Å². The predicted octanol–water partition coefficient (Wildman–Crippen LogP) is 2.87. The Morgan fingerprint density at radius 1 is 1.41 bits per heavy atom. The molecule has 2 N–H and O–H groups in total. The van der Waals surface area contributed by atoms with Crippen LogP contribution in [0.5, 0.6) is 0 Å². The highest BCUT2D eigenvalue weighted by atomic mass is 32.1. The van der Waals surface area contributed by atoms with Crippen LogP contribution in [0.2, 0.25) is 0 Å². The zero-order valence-electron chi connectivity index (χ0n) is 10.5. The summed E-state index contributed by atoms with van der Waals surface area (Å²) >= 11 is 1.91. The van der Waals surface area contributed by atoms with Crippen LogP contribution in [0, 0.1) is 11.8 Å². The minimum atomic E-state index is 0.375. The highest BCUT2D eigenvalue weighted by Gasteiger charge is 2.39. The quantitative estimate of drug-likeness (QED) is 0.894. The molecular formula is C14H22N2S. The molecule has 3 atom stereocenters. The highest BCUT2D eigenvalue weighted by molar-refractivity contribution is 7.10. The van der Waals surface area contributed by atoms with E-state index < -0.39 is 0 Å². The fourth-order valence-corrected chi connectivity index (χ4v) is 4.20. The summed E-state index contributed by atoms with van der Waals surface area (Å²) in [5.74, 6) is 1.64. The van der Waals surface area contributed by atoms with Crippen LogP contribution in [0.1, 0.15) is 37.1 Å². The van der Waals surface area contributed by atoms with E-state index in [1.165, 1.54) is 25.8 Å². The second-order valence-corrected chi connectivity index (χ2v) is 6.83. The van der Waals surface area contributed by atoms with Crippen LogP contribution in [-0.4, -0.2) is 24.0 Å². The number of hydrogen-bond acceptors (Lipinski definition) is 3. The molecule has 2 heterocycles. The molecule has 1 aromatic heterocycles. The Morgan fingerprint density at radius 3 is 2.82 bits per heavy atom. The smallest absolute Gasteiger partial charge is 0.0470 e. The van der Waals surface area contributed by atoms with E-state index in [0.717, 1.165) is 18.4 Å². The Balaban J connectivity index is 1.79. The van der Waals surface area contributed by atoms with E-state index in [9.17, 15) is 0 Å². The molecule has 94 valence electrons. The Labute approximate surface area is 108 Å². The molecule has 2 aliphatic rings. The molecule has 0 amide bonds. The van der Waals surface area contributed by atoms with Crippen molar-refractivity contribution in [1.82, 2.24) is 4.90 Å². The maximum atomic E-state index is 6.19. The van der Waals surface area contributed by atoms with Gasteiger partial charge in [-0.15, -0.1) is 11.3 Å². The number of piperidine rings is 1. The molecule has 1 saturated carbocycles. The zero-order valence-corrected chi connectivity index (χ0v) is 11.3. The van der Waals surface area contributed by atoms with Gasteiger partial charge in [0.2, 0.25) is 0 Å². The number of thiophene rings is 1. The van der Waals surface area contributed by atoms with Gasteiger partial charge < -0.3 is 5.73 Å². The average Bonchev–Trinajstić information content (AvgIpc) is 2.92. The molecule has 3 unspecified atom stereocenters. The van der Waals surface area contributed by atoms with Crippen LogP contribution in [-0.2, 0) is 0 Å². The van der Waals surface area contributed by atoms with E-state index in [1.807, 2.05) is 11.3 Å². The van der Waals surface area contributed by atoms with E-state index in [-0.39, 0.29) is 0 Å². The van der Waals surface area contributed by atoms with Crippen LogP contribution >= 0.6 is 11.3 Å². The van der Waals surface area contributed by atoms with Gasteiger partial charge >= 0.3 is 0 Å². The highest BCUT2D eigenvalue weighted by Crippen LogP contribution is 2.46. The summed E-state index contributed by atoms with van der Waals surface area (Å²) < 4.78 is 0. The first-order valence-corrected chi connectivity index (χ1v) is 7.65. The van der Waals surface area contributed by atoms with Crippen molar-refractivity contribution < 1.29 is 0 Å². The second-order valence-electron chi connectivity index (χ2n) is 5.85. The number of hydrogen-bond donors (Lipinski definition) is 1. The lowest BCUT2D eigenvalue weighted by atomic mass is 9.94. The van der Waals surface area contributed by atoms with Crippen molar-refractivity contribution in [3.8, 4) is 0 Å². The predicted molar refractivity (Wildman–Crippen MR) is 73.1 cm³/mol. The average molecular weight is 250 g/mol. The molecule has 17 heavy (non-hydrogen) atoms. The second kappa shape index (κ2) is 4.71. The van der Waals surface area contributed by atoms with Gasteiger partial charge in [-0.05, 0) is 42.5 Å². The van der Waals surface area contributed by atoms with Crippen molar-refractivity contribution in [3.63, 3.8) is 0 Å². The molecule has 2 fully saturated rings. The summed E-state index contributed by atoms with van der Waals surface area (Å²) in [6.07, 6.45) is 4.00. The molecule has 1 aromatic rings. The first-order valence-electron chi connectivity index (χ1n) is 6.77. The SMILES string of the molecule is CC1CC(N)CN(C(c2cccs2)C2CC2)C1. The molecule has 0 radical (unpaired) electrons. The van der Waals surface area contributed by atoms with E-state index in [2.05, 4.69) is 29.3 Å². The van der Waals surface area contributed by atoms with Gasteiger partial charge in [0, 0.05) is 30.1 Å².